The van der Waals surface area contributed by atoms with Gasteiger partial charge in [0.2, 0.25) is 5.91 Å². The van der Waals surface area contributed by atoms with Crippen molar-refractivity contribution in [1.29, 1.82) is 0 Å². The van der Waals surface area contributed by atoms with E-state index in [-0.39, 0.29) is 18.0 Å². The number of aliphatic carboxylic acids is 1. The number of nitrogens with two attached hydrogens (primary N) is 1. The minimum Gasteiger partial charge on any atom is -0.480 e. The number of carboxylic acid groups (broad SMARTS) is 1. The van der Waals surface area contributed by atoms with Crippen LogP contribution < -0.4 is 11.1 Å². The molecule has 0 heterocycles. The number of carbonyl (C=O) groups is 3. The van der Waals surface area contributed by atoms with Crippen molar-refractivity contribution in [2.45, 2.75) is 174 Å². The quantitative estimate of drug-likeness (QED) is 0.0340. The molecule has 2 atom stereocenters. The van der Waals surface area contributed by atoms with Crippen LogP contribution in [-0.4, -0.2) is 41.6 Å². The molecule has 0 aliphatic rings. The average molecular weight is 723 g/mol. The van der Waals surface area contributed by atoms with Gasteiger partial charge in [-0.3, -0.25) is 9.59 Å². The summed E-state index contributed by atoms with van der Waals surface area (Å²) in [7, 11) is 0. The van der Waals surface area contributed by atoms with Gasteiger partial charge in [-0.15, -0.1) is 0 Å². The lowest BCUT2D eigenvalue weighted by molar-refractivity contribution is -0.147. The van der Waals surface area contributed by atoms with Crippen LogP contribution in [0.5, 0.6) is 0 Å². The molecule has 0 saturated heterocycles. The number of hydrogen-bond acceptors (Lipinski definition) is 5. The highest BCUT2D eigenvalue weighted by atomic mass is 16.5. The molecule has 0 aliphatic carbocycles. The van der Waals surface area contributed by atoms with E-state index in [0.29, 0.717) is 38.6 Å². The molecule has 0 aliphatic heterocycles. The summed E-state index contributed by atoms with van der Waals surface area (Å²) in [6.45, 7) is 4.71. The second kappa shape index (κ2) is 38.8. The van der Waals surface area contributed by atoms with Crippen LogP contribution in [0.25, 0.3) is 0 Å². The third-order valence-corrected chi connectivity index (χ3v) is 8.41. The second-order valence-electron chi connectivity index (χ2n) is 13.3. The number of unbranched alkanes of at least 4 members (excludes halogenated alkanes) is 9. The zero-order valence-corrected chi connectivity index (χ0v) is 32.9. The number of allylic oxidation sites excluding steroid dienone is 13. The molecule has 0 radical (unpaired) electrons. The topological polar surface area (TPSA) is 119 Å². The smallest absolute Gasteiger partial charge is 0.326 e. The summed E-state index contributed by atoms with van der Waals surface area (Å²) in [6.07, 6.45) is 50.8. The number of esters is 1. The fourth-order valence-corrected chi connectivity index (χ4v) is 5.37. The molecule has 294 valence electrons. The Morgan fingerprint density at radius 3 is 1.71 bits per heavy atom. The Labute approximate surface area is 317 Å². The number of rotatable bonds is 35. The van der Waals surface area contributed by atoms with Crippen LogP contribution in [0.1, 0.15) is 162 Å². The summed E-state index contributed by atoms with van der Waals surface area (Å²) in [4.78, 5) is 36.2. The highest BCUT2D eigenvalue weighted by molar-refractivity contribution is 5.83. The molecule has 7 nitrogen and oxygen atoms in total. The molecule has 0 fully saturated rings. The van der Waals surface area contributed by atoms with Crippen LogP contribution in [0.4, 0.5) is 0 Å². The SMILES string of the molecule is CC/C=C\C/C=C\C/C=C\C/C=C\C/C=C\CCCCCCCC(=O)OC(/C=C\C/C=C\CCC)CCCCCCC(=O)NC(CCCN)C(=O)O. The molecule has 52 heavy (non-hydrogen) atoms. The second-order valence-corrected chi connectivity index (χ2v) is 13.3. The number of ether oxygens (including phenoxy) is 1. The highest BCUT2D eigenvalue weighted by Crippen LogP contribution is 2.14. The third-order valence-electron chi connectivity index (χ3n) is 8.41. The molecule has 0 aromatic rings. The van der Waals surface area contributed by atoms with Gasteiger partial charge in [0.15, 0.2) is 0 Å². The fraction of sp³-hybridized carbons (Fsp3) is 0.622. The first-order valence-corrected chi connectivity index (χ1v) is 20.4. The lowest BCUT2D eigenvalue weighted by Gasteiger charge is -2.15. The van der Waals surface area contributed by atoms with Crippen molar-refractivity contribution in [1.82, 2.24) is 5.32 Å². The molecule has 0 aromatic carbocycles. The van der Waals surface area contributed by atoms with Crippen molar-refractivity contribution in [2.75, 3.05) is 6.54 Å². The molecule has 0 bridgehead atoms. The first-order chi connectivity index (χ1) is 25.4. The molecule has 0 rings (SSSR count). The maximum absolute atomic E-state index is 12.7. The van der Waals surface area contributed by atoms with Crippen LogP contribution >= 0.6 is 0 Å². The Hall–Kier alpha value is -3.45. The summed E-state index contributed by atoms with van der Waals surface area (Å²) in [5.74, 6) is -1.39. The van der Waals surface area contributed by atoms with Gasteiger partial charge in [0.05, 0.1) is 0 Å². The van der Waals surface area contributed by atoms with Crippen LogP contribution in [0.15, 0.2) is 85.1 Å². The predicted molar refractivity (Wildman–Crippen MR) is 220 cm³/mol. The van der Waals surface area contributed by atoms with Crippen LogP contribution in [-0.2, 0) is 19.1 Å². The zero-order valence-electron chi connectivity index (χ0n) is 32.9. The van der Waals surface area contributed by atoms with E-state index in [0.717, 1.165) is 103 Å². The molecule has 0 saturated carbocycles. The molecule has 2 unspecified atom stereocenters. The molecule has 1 amide bonds. The minimum atomic E-state index is -1.02. The van der Waals surface area contributed by atoms with Gasteiger partial charge in [-0.2, -0.15) is 0 Å². The van der Waals surface area contributed by atoms with E-state index in [1.165, 1.54) is 12.8 Å². The molecule has 0 spiro atoms. The van der Waals surface area contributed by atoms with Gasteiger partial charge in [-0.1, -0.05) is 131 Å². The van der Waals surface area contributed by atoms with Gasteiger partial charge in [0, 0.05) is 12.8 Å². The van der Waals surface area contributed by atoms with Crippen molar-refractivity contribution in [3.8, 4) is 0 Å². The Balaban J connectivity index is 4.21. The van der Waals surface area contributed by atoms with Crippen molar-refractivity contribution in [2.24, 2.45) is 5.73 Å². The average Bonchev–Trinajstić information content (AvgIpc) is 3.13. The van der Waals surface area contributed by atoms with Gasteiger partial charge in [-0.25, -0.2) is 4.79 Å². The largest absolute Gasteiger partial charge is 0.480 e. The molecule has 7 heteroatoms. The van der Waals surface area contributed by atoms with Crippen molar-refractivity contribution >= 4 is 17.8 Å². The Bertz CT molecular complexity index is 1090. The van der Waals surface area contributed by atoms with E-state index in [1.54, 1.807) is 0 Å². The fourth-order valence-electron chi connectivity index (χ4n) is 5.37. The van der Waals surface area contributed by atoms with Crippen LogP contribution in [0.2, 0.25) is 0 Å². The highest BCUT2D eigenvalue weighted by Gasteiger charge is 2.19. The number of amides is 1. The van der Waals surface area contributed by atoms with Gasteiger partial charge in [0.25, 0.3) is 0 Å². The van der Waals surface area contributed by atoms with E-state index in [2.05, 4.69) is 98.2 Å². The van der Waals surface area contributed by atoms with Crippen molar-refractivity contribution in [3.05, 3.63) is 85.1 Å². The van der Waals surface area contributed by atoms with E-state index in [9.17, 15) is 19.5 Å². The van der Waals surface area contributed by atoms with Crippen molar-refractivity contribution in [3.63, 3.8) is 0 Å². The summed E-state index contributed by atoms with van der Waals surface area (Å²) >= 11 is 0. The monoisotopic (exact) mass is 723 g/mol. The summed E-state index contributed by atoms with van der Waals surface area (Å²) in [6, 6.07) is -0.879. The minimum absolute atomic E-state index is 0.130. The third kappa shape index (κ3) is 35.0. The summed E-state index contributed by atoms with van der Waals surface area (Å²) in [5, 5.41) is 11.9. The first-order valence-electron chi connectivity index (χ1n) is 20.4. The molecular weight excluding hydrogens is 649 g/mol. The van der Waals surface area contributed by atoms with Crippen LogP contribution in [0.3, 0.4) is 0 Å². The lowest BCUT2D eigenvalue weighted by Crippen LogP contribution is -2.40. The first kappa shape index (κ1) is 48.5. The van der Waals surface area contributed by atoms with Gasteiger partial charge in [-0.05, 0) is 109 Å². The van der Waals surface area contributed by atoms with Crippen LogP contribution in [0, 0.1) is 0 Å². The Morgan fingerprint density at radius 2 is 1.12 bits per heavy atom. The van der Waals surface area contributed by atoms with E-state index < -0.39 is 12.0 Å². The number of carboxylic acids is 1. The molecule has 4 N–H and O–H groups in total. The van der Waals surface area contributed by atoms with E-state index in [1.807, 2.05) is 6.08 Å². The Kier molecular flexibility index (Phi) is 36.2. The van der Waals surface area contributed by atoms with Gasteiger partial charge < -0.3 is 20.9 Å². The number of nitrogens with one attached hydrogen (secondary N) is 1. The maximum Gasteiger partial charge on any atom is 0.326 e. The van der Waals surface area contributed by atoms with Crippen molar-refractivity contribution < 1.29 is 24.2 Å². The van der Waals surface area contributed by atoms with E-state index >= 15 is 0 Å². The zero-order chi connectivity index (χ0) is 38.2. The number of hydrogen-bond donors (Lipinski definition) is 3. The number of carbonyl (C=O) groups excluding carboxylic acids is 2. The summed E-state index contributed by atoms with van der Waals surface area (Å²) < 4.78 is 5.86. The Morgan fingerprint density at radius 1 is 0.596 bits per heavy atom. The van der Waals surface area contributed by atoms with E-state index in [4.69, 9.17) is 10.5 Å². The standard InChI is InChI=1S/C45H74N2O5/c1-3-5-7-9-11-12-13-14-15-16-17-18-19-20-21-22-23-24-25-27-33-39-44(49)52-41(35-30-26-10-8-6-4-2)36-31-28-29-32-38-43(48)47-42(45(50)51)37-34-40-46/h5,7-8,10-12,14-15,17-18,20-21,30,35,41-42H,3-4,6,9,13,16,19,22-29,31-34,36-40,46H2,1-2H3,(H,47,48)(H,50,51)/b7-5-,10-8-,12-11-,15-14-,18-17-,21-20-,35-30-. The molecule has 0 aromatic heterocycles. The maximum atomic E-state index is 12.7. The predicted octanol–water partition coefficient (Wildman–Crippen LogP) is 11.3. The lowest BCUT2D eigenvalue weighted by atomic mass is 10.1. The molecular formula is C45H74N2O5. The van der Waals surface area contributed by atoms with Gasteiger partial charge in [0.1, 0.15) is 12.1 Å². The van der Waals surface area contributed by atoms with Gasteiger partial charge >= 0.3 is 11.9 Å². The normalized spacial score (nSPS) is 13.6. The summed E-state index contributed by atoms with van der Waals surface area (Å²) in [5.41, 5.74) is 5.47.